The van der Waals surface area contributed by atoms with Gasteiger partial charge in [-0.25, -0.2) is 9.36 Å². The number of hydrogen-bond donors (Lipinski definition) is 0. The van der Waals surface area contributed by atoms with Gasteiger partial charge in [0.25, 0.3) is 0 Å². The third-order valence-corrected chi connectivity index (χ3v) is 2.81. The lowest BCUT2D eigenvalue weighted by Crippen LogP contribution is -2.13. The van der Waals surface area contributed by atoms with Gasteiger partial charge in [0.1, 0.15) is 0 Å². The van der Waals surface area contributed by atoms with Gasteiger partial charge in [-0.05, 0) is 20.8 Å². The smallest absolute Gasteiger partial charge is 0.464 e. The van der Waals surface area contributed by atoms with E-state index in [1.807, 2.05) is 0 Å². The summed E-state index contributed by atoms with van der Waals surface area (Å²) in [6, 6.07) is 0. The van der Waals surface area contributed by atoms with Crippen molar-refractivity contribution < 1.29 is 27.7 Å². The number of carbonyl (C=O) groups is 1. The van der Waals surface area contributed by atoms with Crippen LogP contribution in [-0.2, 0) is 27.7 Å². The van der Waals surface area contributed by atoms with Crippen molar-refractivity contribution in [2.24, 2.45) is 0 Å². The van der Waals surface area contributed by atoms with E-state index >= 15 is 0 Å². The molecule has 0 N–H and O–H groups in total. The number of esters is 1. The number of carbonyl (C=O) groups excluding carboxylic acids is 1. The van der Waals surface area contributed by atoms with Gasteiger partial charge in [-0.3, -0.25) is 13.6 Å². The Morgan fingerprint density at radius 3 is 1.93 bits per heavy atom. The van der Waals surface area contributed by atoms with Crippen molar-refractivity contribution in [2.75, 3.05) is 26.4 Å². The second kappa shape index (κ2) is 7.82. The van der Waals surface area contributed by atoms with E-state index in [1.165, 1.54) is 0 Å². The largest absolute Gasteiger partial charge is 0.475 e. The molecule has 0 saturated carbocycles. The van der Waals surface area contributed by atoms with Crippen LogP contribution in [0.2, 0.25) is 0 Å². The minimum absolute atomic E-state index is 0.181. The summed E-state index contributed by atoms with van der Waals surface area (Å²) in [5.41, 5.74) is 0. The molecule has 90 valence electrons. The first kappa shape index (κ1) is 14.6. The van der Waals surface area contributed by atoms with Crippen LogP contribution in [0, 0.1) is 0 Å². The van der Waals surface area contributed by atoms with Crippen molar-refractivity contribution in [3.05, 3.63) is 0 Å². The molecule has 0 heterocycles. The summed E-state index contributed by atoms with van der Waals surface area (Å²) in [6.07, 6.45) is 0. The molecule has 0 bridgehead atoms. The van der Waals surface area contributed by atoms with Crippen LogP contribution in [0.25, 0.3) is 0 Å². The lowest BCUT2D eigenvalue weighted by atomic mass is 10.7. The fraction of sp³-hybridized carbons (Fsp3) is 0.875. The van der Waals surface area contributed by atoms with Crippen molar-refractivity contribution in [2.45, 2.75) is 20.8 Å². The molecule has 0 atom stereocenters. The number of hydrogen-bond acceptors (Lipinski definition) is 6. The van der Waals surface area contributed by atoms with Gasteiger partial charge >= 0.3 is 13.8 Å². The molecule has 0 aliphatic rings. The Balaban J connectivity index is 4.06. The zero-order valence-electron chi connectivity index (χ0n) is 9.23. The molecule has 0 aromatic carbocycles. The first-order valence-electron chi connectivity index (χ1n) is 4.77. The zero-order valence-corrected chi connectivity index (χ0v) is 10.1. The lowest BCUT2D eigenvalue weighted by molar-refractivity contribution is -0.146. The van der Waals surface area contributed by atoms with E-state index in [0.717, 1.165) is 0 Å². The summed E-state index contributed by atoms with van der Waals surface area (Å²) < 4.78 is 30.6. The van der Waals surface area contributed by atoms with Gasteiger partial charge < -0.3 is 4.74 Å². The fourth-order valence-corrected chi connectivity index (χ4v) is 1.88. The minimum Gasteiger partial charge on any atom is -0.464 e. The normalized spacial score (nSPS) is 11.4. The van der Waals surface area contributed by atoms with E-state index in [9.17, 15) is 9.36 Å². The second-order valence-corrected chi connectivity index (χ2v) is 4.03. The van der Waals surface area contributed by atoms with E-state index in [-0.39, 0.29) is 19.8 Å². The molecule has 0 radical (unpaired) electrons. The molecule has 0 fully saturated rings. The van der Waals surface area contributed by atoms with Crippen LogP contribution in [0.3, 0.4) is 0 Å². The third kappa shape index (κ3) is 6.62. The molecule has 15 heavy (non-hydrogen) atoms. The first-order valence-corrected chi connectivity index (χ1v) is 6.23. The van der Waals surface area contributed by atoms with Crippen LogP contribution in [0.1, 0.15) is 20.8 Å². The number of ether oxygens (including phenoxy) is 1. The predicted molar refractivity (Wildman–Crippen MR) is 53.4 cm³/mol. The van der Waals surface area contributed by atoms with Crippen LogP contribution in [0.4, 0.5) is 0 Å². The molecule has 0 saturated heterocycles. The third-order valence-electron chi connectivity index (χ3n) is 1.22. The standard InChI is InChI=1S/C8H17O6P/c1-4-11-8(9)7-14-15(10,12-5-2)13-6-3/h4-7H2,1-3H3. The van der Waals surface area contributed by atoms with E-state index in [4.69, 9.17) is 13.6 Å². The molecule has 0 amide bonds. The number of phosphoric acid groups is 1. The molecule has 0 aliphatic carbocycles. The highest BCUT2D eigenvalue weighted by molar-refractivity contribution is 7.48. The highest BCUT2D eigenvalue weighted by atomic mass is 31.2. The zero-order chi connectivity index (χ0) is 11.7. The molecule has 7 heteroatoms. The van der Waals surface area contributed by atoms with E-state index in [2.05, 4.69) is 4.74 Å². The Bertz CT molecular complexity index is 219. The quantitative estimate of drug-likeness (QED) is 0.475. The average Bonchev–Trinajstić information content (AvgIpc) is 2.16. The Morgan fingerprint density at radius 2 is 1.53 bits per heavy atom. The summed E-state index contributed by atoms with van der Waals surface area (Å²) >= 11 is 0. The van der Waals surface area contributed by atoms with E-state index < -0.39 is 20.4 Å². The summed E-state index contributed by atoms with van der Waals surface area (Å²) in [7, 11) is -3.60. The van der Waals surface area contributed by atoms with Crippen molar-refractivity contribution in [1.29, 1.82) is 0 Å². The Morgan fingerprint density at radius 1 is 1.00 bits per heavy atom. The summed E-state index contributed by atoms with van der Waals surface area (Å²) in [5.74, 6) is -0.600. The highest BCUT2D eigenvalue weighted by Crippen LogP contribution is 2.48. The number of phosphoric ester groups is 1. The van der Waals surface area contributed by atoms with Gasteiger partial charge in [-0.1, -0.05) is 0 Å². The Kier molecular flexibility index (Phi) is 7.60. The van der Waals surface area contributed by atoms with Gasteiger partial charge in [0.2, 0.25) is 0 Å². The molecule has 0 aromatic rings. The maximum absolute atomic E-state index is 11.6. The van der Waals surface area contributed by atoms with E-state index in [1.54, 1.807) is 20.8 Å². The summed E-state index contributed by atoms with van der Waals surface area (Å²) in [6.45, 7) is 5.14. The molecular formula is C8H17O6P. The van der Waals surface area contributed by atoms with Crippen molar-refractivity contribution in [3.8, 4) is 0 Å². The number of rotatable bonds is 8. The lowest BCUT2D eigenvalue weighted by Gasteiger charge is -2.15. The average molecular weight is 240 g/mol. The maximum Gasteiger partial charge on any atom is 0.475 e. The molecule has 0 aliphatic heterocycles. The summed E-state index contributed by atoms with van der Waals surface area (Å²) in [5, 5.41) is 0. The Labute approximate surface area is 89.5 Å². The maximum atomic E-state index is 11.6. The van der Waals surface area contributed by atoms with Gasteiger partial charge in [0.15, 0.2) is 6.61 Å². The highest BCUT2D eigenvalue weighted by Gasteiger charge is 2.26. The van der Waals surface area contributed by atoms with Crippen molar-refractivity contribution in [1.82, 2.24) is 0 Å². The van der Waals surface area contributed by atoms with Gasteiger partial charge in [-0.2, -0.15) is 0 Å². The minimum atomic E-state index is -3.60. The molecule has 0 unspecified atom stereocenters. The first-order chi connectivity index (χ1) is 7.08. The van der Waals surface area contributed by atoms with Crippen LogP contribution < -0.4 is 0 Å². The Hall–Kier alpha value is -0.420. The summed E-state index contributed by atoms with van der Waals surface area (Å²) in [4.78, 5) is 10.9. The topological polar surface area (TPSA) is 71.1 Å². The fourth-order valence-electron chi connectivity index (χ4n) is 0.762. The van der Waals surface area contributed by atoms with Gasteiger partial charge in [0.05, 0.1) is 19.8 Å². The molecule has 0 spiro atoms. The predicted octanol–water partition coefficient (Wildman–Crippen LogP) is 1.75. The van der Waals surface area contributed by atoms with Crippen LogP contribution in [0.15, 0.2) is 0 Å². The van der Waals surface area contributed by atoms with E-state index in [0.29, 0.717) is 0 Å². The second-order valence-electron chi connectivity index (χ2n) is 2.36. The van der Waals surface area contributed by atoms with Crippen LogP contribution in [0.5, 0.6) is 0 Å². The SMILES string of the molecule is CCOC(=O)COP(=O)(OCC)OCC. The molecule has 0 aromatic heterocycles. The van der Waals surface area contributed by atoms with Crippen molar-refractivity contribution in [3.63, 3.8) is 0 Å². The van der Waals surface area contributed by atoms with Crippen LogP contribution >= 0.6 is 7.82 Å². The molecule has 6 nitrogen and oxygen atoms in total. The van der Waals surface area contributed by atoms with Gasteiger partial charge in [0, 0.05) is 0 Å². The van der Waals surface area contributed by atoms with Crippen molar-refractivity contribution >= 4 is 13.8 Å². The monoisotopic (exact) mass is 240 g/mol. The molecular weight excluding hydrogens is 223 g/mol. The van der Waals surface area contributed by atoms with Crippen LogP contribution in [-0.4, -0.2) is 32.4 Å². The van der Waals surface area contributed by atoms with Gasteiger partial charge in [-0.15, -0.1) is 0 Å². The molecule has 0 rings (SSSR count).